The van der Waals surface area contributed by atoms with Gasteiger partial charge in [-0.25, -0.2) is 0 Å². The van der Waals surface area contributed by atoms with Gasteiger partial charge in [0.25, 0.3) is 0 Å². The summed E-state index contributed by atoms with van der Waals surface area (Å²) in [5, 5.41) is 0. The highest BCUT2D eigenvalue weighted by atomic mass is 15.3. The van der Waals surface area contributed by atoms with E-state index in [1.165, 1.54) is 12.1 Å². The minimum atomic E-state index is 0.371. The summed E-state index contributed by atoms with van der Waals surface area (Å²) in [6, 6.07) is 10.7. The summed E-state index contributed by atoms with van der Waals surface area (Å²) in [7, 11) is 0. The van der Waals surface area contributed by atoms with Gasteiger partial charge in [-0.1, -0.05) is 39.0 Å². The third kappa shape index (κ3) is 5.33. The second-order valence-electron chi connectivity index (χ2n) is 7.49. The molecule has 0 aromatic heterocycles. The fourth-order valence-corrected chi connectivity index (χ4v) is 3.28. The maximum Gasteiger partial charge on any atom is 0.0367 e. The summed E-state index contributed by atoms with van der Waals surface area (Å²) >= 11 is 0. The maximum atomic E-state index is 5.98. The molecule has 21 heavy (non-hydrogen) atoms. The summed E-state index contributed by atoms with van der Waals surface area (Å²) < 4.78 is 0. The topological polar surface area (TPSA) is 32.5 Å². The predicted octanol–water partition coefficient (Wildman–Crippen LogP) is 2.82. The molecule has 3 heteroatoms. The van der Waals surface area contributed by atoms with Gasteiger partial charge in [-0.3, -0.25) is 4.90 Å². The lowest BCUT2D eigenvalue weighted by Gasteiger charge is -2.38. The number of benzene rings is 1. The van der Waals surface area contributed by atoms with Crippen molar-refractivity contribution in [1.29, 1.82) is 0 Å². The second-order valence-corrected chi connectivity index (χ2v) is 7.49. The lowest BCUT2D eigenvalue weighted by Crippen LogP contribution is -2.48. The van der Waals surface area contributed by atoms with E-state index in [4.69, 9.17) is 5.73 Å². The van der Waals surface area contributed by atoms with Crippen molar-refractivity contribution in [1.82, 2.24) is 4.90 Å². The summed E-state index contributed by atoms with van der Waals surface area (Å²) in [6.45, 7) is 13.4. The van der Waals surface area contributed by atoms with Gasteiger partial charge in [-0.05, 0) is 36.4 Å². The lowest BCUT2D eigenvalue weighted by molar-refractivity contribution is 0.186. The number of hydrogen-bond acceptors (Lipinski definition) is 3. The molecule has 3 nitrogen and oxygen atoms in total. The van der Waals surface area contributed by atoms with Crippen LogP contribution >= 0.6 is 0 Å². The Balaban J connectivity index is 1.81. The monoisotopic (exact) mass is 289 g/mol. The smallest absolute Gasteiger partial charge is 0.0367 e. The molecule has 2 N–H and O–H groups in total. The number of rotatable bonds is 5. The number of anilines is 1. The molecular weight excluding hydrogens is 258 g/mol. The number of para-hydroxylation sites is 1. The van der Waals surface area contributed by atoms with Crippen LogP contribution in [-0.2, 0) is 0 Å². The third-order valence-electron chi connectivity index (χ3n) is 4.24. The van der Waals surface area contributed by atoms with Crippen molar-refractivity contribution < 1.29 is 0 Å². The predicted molar refractivity (Wildman–Crippen MR) is 91.7 cm³/mol. The fraction of sp³-hybridized carbons (Fsp3) is 0.667. The molecule has 0 bridgehead atoms. The van der Waals surface area contributed by atoms with E-state index in [1.807, 2.05) is 0 Å². The SMILES string of the molecule is CC(C)(C)CC(CN)CN1CCN(c2ccccc2)CC1. The first-order valence-electron chi connectivity index (χ1n) is 8.20. The number of nitrogens with zero attached hydrogens (tertiary/aromatic N) is 2. The van der Waals surface area contributed by atoms with Crippen molar-refractivity contribution in [3.05, 3.63) is 30.3 Å². The van der Waals surface area contributed by atoms with Crippen molar-refractivity contribution in [3.63, 3.8) is 0 Å². The zero-order valence-corrected chi connectivity index (χ0v) is 13.9. The molecule has 1 saturated heterocycles. The van der Waals surface area contributed by atoms with E-state index >= 15 is 0 Å². The molecule has 0 spiro atoms. The highest BCUT2D eigenvalue weighted by Gasteiger charge is 2.23. The minimum absolute atomic E-state index is 0.371. The van der Waals surface area contributed by atoms with Gasteiger partial charge in [0.15, 0.2) is 0 Å². The van der Waals surface area contributed by atoms with Crippen LogP contribution in [0.2, 0.25) is 0 Å². The van der Waals surface area contributed by atoms with Gasteiger partial charge in [0.1, 0.15) is 0 Å². The van der Waals surface area contributed by atoms with Gasteiger partial charge in [-0.15, -0.1) is 0 Å². The van der Waals surface area contributed by atoms with E-state index in [0.29, 0.717) is 11.3 Å². The Hall–Kier alpha value is -1.06. The van der Waals surface area contributed by atoms with E-state index in [9.17, 15) is 0 Å². The van der Waals surface area contributed by atoms with Crippen molar-refractivity contribution >= 4 is 5.69 Å². The molecule has 0 amide bonds. The molecule has 1 atom stereocenters. The first kappa shape index (κ1) is 16.3. The average molecular weight is 289 g/mol. The summed E-state index contributed by atoms with van der Waals surface area (Å²) in [5.41, 5.74) is 7.70. The molecule has 1 aromatic carbocycles. The Morgan fingerprint density at radius 2 is 1.67 bits per heavy atom. The molecule has 0 saturated carbocycles. The Morgan fingerprint density at radius 3 is 2.19 bits per heavy atom. The molecule has 2 rings (SSSR count). The number of nitrogens with two attached hydrogens (primary N) is 1. The summed E-state index contributed by atoms with van der Waals surface area (Å²) in [4.78, 5) is 5.07. The highest BCUT2D eigenvalue weighted by Crippen LogP contribution is 2.25. The van der Waals surface area contributed by atoms with Crippen LogP contribution in [0.3, 0.4) is 0 Å². The molecule has 1 fully saturated rings. The highest BCUT2D eigenvalue weighted by molar-refractivity contribution is 5.46. The molecule has 1 aliphatic rings. The molecule has 1 aromatic rings. The van der Waals surface area contributed by atoms with Crippen LogP contribution in [-0.4, -0.2) is 44.2 Å². The summed E-state index contributed by atoms with van der Waals surface area (Å²) in [5.74, 6) is 0.619. The van der Waals surface area contributed by atoms with Crippen LogP contribution in [0.4, 0.5) is 5.69 Å². The van der Waals surface area contributed by atoms with Crippen molar-refractivity contribution in [2.75, 3.05) is 44.2 Å². The molecule has 1 unspecified atom stereocenters. The third-order valence-corrected chi connectivity index (χ3v) is 4.24. The quantitative estimate of drug-likeness (QED) is 0.904. The Labute approximate surface area is 130 Å². The maximum absolute atomic E-state index is 5.98. The van der Waals surface area contributed by atoms with Crippen LogP contribution in [0.1, 0.15) is 27.2 Å². The van der Waals surface area contributed by atoms with Crippen LogP contribution in [0.5, 0.6) is 0 Å². The standard InChI is InChI=1S/C18H31N3/c1-18(2,3)13-16(14-19)15-20-9-11-21(12-10-20)17-7-5-4-6-8-17/h4-8,16H,9-15,19H2,1-3H3. The van der Waals surface area contributed by atoms with Crippen LogP contribution in [0, 0.1) is 11.3 Å². The molecular formula is C18H31N3. The van der Waals surface area contributed by atoms with Gasteiger partial charge in [-0.2, -0.15) is 0 Å². The van der Waals surface area contributed by atoms with Crippen molar-refractivity contribution in [2.45, 2.75) is 27.2 Å². The fourth-order valence-electron chi connectivity index (χ4n) is 3.28. The molecule has 1 aliphatic heterocycles. The van der Waals surface area contributed by atoms with Crippen LogP contribution < -0.4 is 10.6 Å². The van der Waals surface area contributed by atoms with E-state index in [-0.39, 0.29) is 0 Å². The Kier molecular flexibility index (Phi) is 5.65. The Morgan fingerprint density at radius 1 is 1.05 bits per heavy atom. The number of hydrogen-bond donors (Lipinski definition) is 1. The first-order chi connectivity index (χ1) is 9.98. The van der Waals surface area contributed by atoms with Crippen LogP contribution in [0.15, 0.2) is 30.3 Å². The van der Waals surface area contributed by atoms with E-state index in [0.717, 1.165) is 39.3 Å². The van der Waals surface area contributed by atoms with E-state index < -0.39 is 0 Å². The zero-order chi connectivity index (χ0) is 15.3. The molecule has 0 aliphatic carbocycles. The molecule has 1 heterocycles. The summed E-state index contributed by atoms with van der Waals surface area (Å²) in [6.07, 6.45) is 1.21. The second kappa shape index (κ2) is 7.28. The number of piperazine rings is 1. The van der Waals surface area contributed by atoms with E-state index in [2.05, 4.69) is 60.9 Å². The lowest BCUT2D eigenvalue weighted by atomic mass is 9.84. The van der Waals surface area contributed by atoms with Gasteiger partial charge in [0, 0.05) is 38.4 Å². The minimum Gasteiger partial charge on any atom is -0.369 e. The first-order valence-corrected chi connectivity index (χ1v) is 8.20. The van der Waals surface area contributed by atoms with Gasteiger partial charge in [0.2, 0.25) is 0 Å². The molecule has 0 radical (unpaired) electrons. The average Bonchev–Trinajstić information content (AvgIpc) is 2.47. The molecule has 118 valence electrons. The zero-order valence-electron chi connectivity index (χ0n) is 13.9. The van der Waals surface area contributed by atoms with Crippen molar-refractivity contribution in [2.24, 2.45) is 17.1 Å². The van der Waals surface area contributed by atoms with Crippen LogP contribution in [0.25, 0.3) is 0 Å². The van der Waals surface area contributed by atoms with E-state index in [1.54, 1.807) is 0 Å². The Bertz CT molecular complexity index is 402. The van der Waals surface area contributed by atoms with Gasteiger partial charge in [0.05, 0.1) is 0 Å². The van der Waals surface area contributed by atoms with Crippen molar-refractivity contribution in [3.8, 4) is 0 Å². The van der Waals surface area contributed by atoms with Gasteiger partial charge >= 0.3 is 0 Å². The van der Waals surface area contributed by atoms with Gasteiger partial charge < -0.3 is 10.6 Å². The largest absolute Gasteiger partial charge is 0.369 e. The normalized spacial score (nSPS) is 18.8.